The summed E-state index contributed by atoms with van der Waals surface area (Å²) in [5.74, 6) is 2.22. The molecule has 0 radical (unpaired) electrons. The smallest absolute Gasteiger partial charge is 0.226 e. The van der Waals surface area contributed by atoms with Gasteiger partial charge in [-0.3, -0.25) is 4.79 Å². The molecule has 2 atom stereocenters. The molecular formula is C15H28N2O2S. The standard InChI is InChI=1S/C15H28N2O2S/c1-12(11-20-3)15(18)17-6-7-19-14(10-17)9-16(2)8-13-4-5-13/h12-14H,4-11H2,1-3H3/t12-,14-/m1/s1. The molecule has 116 valence electrons. The van der Waals surface area contributed by atoms with Gasteiger partial charge in [0.15, 0.2) is 0 Å². The number of carbonyl (C=O) groups is 1. The molecule has 0 spiro atoms. The quantitative estimate of drug-likeness (QED) is 0.714. The summed E-state index contributed by atoms with van der Waals surface area (Å²) in [5, 5.41) is 0. The van der Waals surface area contributed by atoms with Crippen LogP contribution in [0, 0.1) is 11.8 Å². The Labute approximate surface area is 127 Å². The van der Waals surface area contributed by atoms with Gasteiger partial charge in [-0.15, -0.1) is 0 Å². The lowest BCUT2D eigenvalue weighted by Crippen LogP contribution is -2.50. The van der Waals surface area contributed by atoms with Gasteiger partial charge in [0.05, 0.1) is 12.7 Å². The molecule has 1 saturated carbocycles. The zero-order valence-corrected chi connectivity index (χ0v) is 13.8. The van der Waals surface area contributed by atoms with Crippen LogP contribution in [0.5, 0.6) is 0 Å². The van der Waals surface area contributed by atoms with Crippen LogP contribution in [0.2, 0.25) is 0 Å². The van der Waals surface area contributed by atoms with E-state index in [1.165, 1.54) is 19.4 Å². The van der Waals surface area contributed by atoms with Crippen molar-refractivity contribution in [3.63, 3.8) is 0 Å². The van der Waals surface area contributed by atoms with Crippen molar-refractivity contribution in [1.29, 1.82) is 0 Å². The van der Waals surface area contributed by atoms with E-state index in [4.69, 9.17) is 4.74 Å². The molecule has 5 heteroatoms. The second-order valence-electron chi connectivity index (χ2n) is 6.30. The van der Waals surface area contributed by atoms with Crippen molar-refractivity contribution in [2.45, 2.75) is 25.9 Å². The summed E-state index contributed by atoms with van der Waals surface area (Å²) in [6.45, 7) is 6.34. The van der Waals surface area contributed by atoms with Crippen LogP contribution < -0.4 is 0 Å². The molecule has 2 aliphatic rings. The average molecular weight is 300 g/mol. The molecule has 4 nitrogen and oxygen atoms in total. The first-order valence-corrected chi connectivity index (χ1v) is 9.07. The lowest BCUT2D eigenvalue weighted by Gasteiger charge is -2.36. The number of thioether (sulfide) groups is 1. The predicted octanol–water partition coefficient (Wildman–Crippen LogP) is 1.55. The van der Waals surface area contributed by atoms with E-state index in [1.807, 2.05) is 11.8 Å². The maximum Gasteiger partial charge on any atom is 0.226 e. The summed E-state index contributed by atoms with van der Waals surface area (Å²) >= 11 is 1.74. The third kappa shape index (κ3) is 4.93. The molecule has 20 heavy (non-hydrogen) atoms. The molecule has 1 heterocycles. The number of carbonyl (C=O) groups excluding carboxylic acids is 1. The summed E-state index contributed by atoms with van der Waals surface area (Å²) in [5.41, 5.74) is 0. The molecular weight excluding hydrogens is 272 g/mol. The Kier molecular flexibility index (Phi) is 6.18. The van der Waals surface area contributed by atoms with E-state index in [0.29, 0.717) is 6.61 Å². The van der Waals surface area contributed by atoms with Gasteiger partial charge in [-0.2, -0.15) is 11.8 Å². The second kappa shape index (κ2) is 7.66. The fourth-order valence-electron chi connectivity index (χ4n) is 2.83. The monoisotopic (exact) mass is 300 g/mol. The number of hydrogen-bond acceptors (Lipinski definition) is 4. The molecule has 0 aromatic carbocycles. The van der Waals surface area contributed by atoms with Crippen LogP contribution >= 0.6 is 11.8 Å². The number of nitrogens with zero attached hydrogens (tertiary/aromatic N) is 2. The summed E-state index contributed by atoms with van der Waals surface area (Å²) in [6.07, 6.45) is 5.00. The van der Waals surface area contributed by atoms with Crippen LogP contribution in [0.15, 0.2) is 0 Å². The van der Waals surface area contributed by atoms with Crippen molar-refractivity contribution in [1.82, 2.24) is 9.80 Å². The average Bonchev–Trinajstić information content (AvgIpc) is 3.22. The number of amides is 1. The van der Waals surface area contributed by atoms with Gasteiger partial charge in [-0.25, -0.2) is 0 Å². The zero-order chi connectivity index (χ0) is 14.5. The summed E-state index contributed by atoms with van der Waals surface area (Å²) in [6, 6.07) is 0. The maximum absolute atomic E-state index is 12.4. The third-order valence-corrected chi connectivity index (χ3v) is 4.90. The molecule has 1 saturated heterocycles. The van der Waals surface area contributed by atoms with Crippen molar-refractivity contribution in [3.8, 4) is 0 Å². The maximum atomic E-state index is 12.4. The van der Waals surface area contributed by atoms with E-state index < -0.39 is 0 Å². The van der Waals surface area contributed by atoms with Crippen LogP contribution in [0.25, 0.3) is 0 Å². The normalized spacial score (nSPS) is 25.0. The van der Waals surface area contributed by atoms with Crippen molar-refractivity contribution >= 4 is 17.7 Å². The van der Waals surface area contributed by atoms with E-state index >= 15 is 0 Å². The van der Waals surface area contributed by atoms with Gasteiger partial charge in [-0.1, -0.05) is 6.92 Å². The second-order valence-corrected chi connectivity index (χ2v) is 7.21. The van der Waals surface area contributed by atoms with E-state index in [-0.39, 0.29) is 17.9 Å². The van der Waals surface area contributed by atoms with Crippen LogP contribution in [-0.4, -0.2) is 73.7 Å². The Morgan fingerprint density at radius 3 is 2.85 bits per heavy atom. The van der Waals surface area contributed by atoms with E-state index in [9.17, 15) is 4.79 Å². The molecule has 0 bridgehead atoms. The number of hydrogen-bond donors (Lipinski definition) is 0. The number of likely N-dealkylation sites (N-methyl/N-ethyl adjacent to an activating group) is 1. The van der Waals surface area contributed by atoms with Gasteiger partial charge < -0.3 is 14.5 Å². The largest absolute Gasteiger partial charge is 0.373 e. The van der Waals surface area contributed by atoms with Gasteiger partial charge >= 0.3 is 0 Å². The highest BCUT2D eigenvalue weighted by molar-refractivity contribution is 7.98. The van der Waals surface area contributed by atoms with Crippen molar-refractivity contribution < 1.29 is 9.53 Å². The van der Waals surface area contributed by atoms with Crippen LogP contribution in [0.3, 0.4) is 0 Å². The Bertz CT molecular complexity index is 323. The number of morpholine rings is 1. The molecule has 2 fully saturated rings. The minimum absolute atomic E-state index is 0.118. The van der Waals surface area contributed by atoms with Gasteiger partial charge in [0.2, 0.25) is 5.91 Å². The van der Waals surface area contributed by atoms with E-state index in [1.54, 1.807) is 11.8 Å². The first kappa shape index (κ1) is 16.1. The van der Waals surface area contributed by atoms with Crippen LogP contribution in [-0.2, 0) is 9.53 Å². The fraction of sp³-hybridized carbons (Fsp3) is 0.933. The molecule has 1 aliphatic carbocycles. The minimum atomic E-state index is 0.118. The lowest BCUT2D eigenvalue weighted by atomic mass is 10.1. The van der Waals surface area contributed by atoms with E-state index in [2.05, 4.69) is 18.2 Å². The molecule has 0 aromatic rings. The first-order chi connectivity index (χ1) is 9.60. The molecule has 0 N–H and O–H groups in total. The summed E-state index contributed by atoms with van der Waals surface area (Å²) < 4.78 is 5.83. The predicted molar refractivity (Wildman–Crippen MR) is 84.1 cm³/mol. The molecule has 1 aliphatic heterocycles. The Morgan fingerprint density at radius 2 is 2.20 bits per heavy atom. The highest BCUT2D eigenvalue weighted by atomic mass is 32.2. The van der Waals surface area contributed by atoms with Crippen molar-refractivity contribution in [2.24, 2.45) is 11.8 Å². The van der Waals surface area contributed by atoms with Gasteiger partial charge in [0, 0.05) is 37.8 Å². The first-order valence-electron chi connectivity index (χ1n) is 7.68. The molecule has 0 aromatic heterocycles. The van der Waals surface area contributed by atoms with Crippen molar-refractivity contribution in [3.05, 3.63) is 0 Å². The van der Waals surface area contributed by atoms with Crippen LogP contribution in [0.4, 0.5) is 0 Å². The topological polar surface area (TPSA) is 32.8 Å². The number of rotatable bonds is 7. The number of ether oxygens (including phenoxy) is 1. The molecule has 0 unspecified atom stereocenters. The Hall–Kier alpha value is -0.260. The Balaban J connectivity index is 1.76. The Morgan fingerprint density at radius 1 is 1.45 bits per heavy atom. The van der Waals surface area contributed by atoms with Gasteiger partial charge in [0.1, 0.15) is 0 Å². The fourth-order valence-corrected chi connectivity index (χ4v) is 3.47. The third-order valence-electron chi connectivity index (χ3n) is 4.07. The lowest BCUT2D eigenvalue weighted by molar-refractivity contribution is -0.142. The zero-order valence-electron chi connectivity index (χ0n) is 13.0. The summed E-state index contributed by atoms with van der Waals surface area (Å²) in [7, 11) is 2.17. The minimum Gasteiger partial charge on any atom is -0.373 e. The van der Waals surface area contributed by atoms with E-state index in [0.717, 1.165) is 31.3 Å². The molecule has 2 rings (SSSR count). The SMILES string of the molecule is CSC[C@@H](C)C(=O)N1CCO[C@H](CN(C)CC2CC2)C1. The van der Waals surface area contributed by atoms with Gasteiger partial charge in [0.25, 0.3) is 0 Å². The summed E-state index contributed by atoms with van der Waals surface area (Å²) in [4.78, 5) is 16.7. The van der Waals surface area contributed by atoms with Gasteiger partial charge in [-0.05, 0) is 32.1 Å². The molecule has 1 amide bonds. The highest BCUT2D eigenvalue weighted by Gasteiger charge is 2.29. The van der Waals surface area contributed by atoms with Crippen LogP contribution in [0.1, 0.15) is 19.8 Å². The highest BCUT2D eigenvalue weighted by Crippen LogP contribution is 2.29. The van der Waals surface area contributed by atoms with Crippen molar-refractivity contribution in [2.75, 3.05) is 51.8 Å².